The molecule has 0 aliphatic heterocycles. The monoisotopic (exact) mass is 352 g/mol. The molecule has 25 heavy (non-hydrogen) atoms. The number of benzene rings is 1. The van der Waals surface area contributed by atoms with Crippen LogP contribution in [0.15, 0.2) is 42.6 Å². The number of anilines is 2. The molecule has 5 heteroatoms. The van der Waals surface area contributed by atoms with Crippen LogP contribution in [0.2, 0.25) is 0 Å². The van der Waals surface area contributed by atoms with Gasteiger partial charge in [0, 0.05) is 18.0 Å². The smallest absolute Gasteiger partial charge is 0.176 e. The SMILES string of the molecule is S=C(Nc1ccccc1)Nc1ccn(C23CC4CC(CC(C4)C2)C3)n1. The number of nitrogens with zero attached hydrogens (tertiary/aromatic N) is 2. The molecule has 1 aromatic carbocycles. The van der Waals surface area contributed by atoms with Crippen LogP contribution < -0.4 is 10.6 Å². The van der Waals surface area contributed by atoms with Crippen LogP contribution in [0.1, 0.15) is 38.5 Å². The minimum absolute atomic E-state index is 0.267. The third-order valence-corrected chi connectivity index (χ3v) is 6.56. The minimum atomic E-state index is 0.267. The number of aromatic nitrogens is 2. The molecule has 0 radical (unpaired) electrons. The van der Waals surface area contributed by atoms with Gasteiger partial charge in [-0.25, -0.2) is 0 Å². The molecule has 6 rings (SSSR count). The van der Waals surface area contributed by atoms with E-state index < -0.39 is 0 Å². The molecule has 4 fully saturated rings. The predicted molar refractivity (Wildman–Crippen MR) is 105 cm³/mol. The van der Waals surface area contributed by atoms with Gasteiger partial charge in [0.05, 0.1) is 5.54 Å². The van der Waals surface area contributed by atoms with Gasteiger partial charge in [-0.1, -0.05) is 18.2 Å². The molecular formula is C20H24N4S. The largest absolute Gasteiger partial charge is 0.332 e. The van der Waals surface area contributed by atoms with Gasteiger partial charge >= 0.3 is 0 Å². The summed E-state index contributed by atoms with van der Waals surface area (Å²) in [7, 11) is 0. The van der Waals surface area contributed by atoms with E-state index in [9.17, 15) is 0 Å². The molecule has 4 aliphatic rings. The fourth-order valence-electron chi connectivity index (χ4n) is 5.80. The predicted octanol–water partition coefficient (Wildman–Crippen LogP) is 4.62. The van der Waals surface area contributed by atoms with E-state index in [0.29, 0.717) is 5.11 Å². The van der Waals surface area contributed by atoms with Gasteiger partial charge in [-0.3, -0.25) is 4.68 Å². The van der Waals surface area contributed by atoms with E-state index in [2.05, 4.69) is 27.6 Å². The summed E-state index contributed by atoms with van der Waals surface area (Å²) in [5.41, 5.74) is 1.25. The van der Waals surface area contributed by atoms with E-state index in [1.165, 1.54) is 38.5 Å². The first kappa shape index (κ1) is 15.4. The van der Waals surface area contributed by atoms with Gasteiger partial charge in [-0.15, -0.1) is 0 Å². The van der Waals surface area contributed by atoms with Crippen LogP contribution >= 0.6 is 12.2 Å². The Morgan fingerprint density at radius 2 is 1.60 bits per heavy atom. The zero-order valence-electron chi connectivity index (χ0n) is 14.3. The van der Waals surface area contributed by atoms with E-state index in [-0.39, 0.29) is 5.54 Å². The zero-order valence-corrected chi connectivity index (χ0v) is 15.1. The van der Waals surface area contributed by atoms with E-state index in [1.807, 2.05) is 30.3 Å². The molecule has 0 unspecified atom stereocenters. The lowest BCUT2D eigenvalue weighted by atomic mass is 9.53. The van der Waals surface area contributed by atoms with Crippen molar-refractivity contribution >= 4 is 28.8 Å². The summed E-state index contributed by atoms with van der Waals surface area (Å²) in [6, 6.07) is 12.0. The highest BCUT2D eigenvalue weighted by atomic mass is 32.1. The highest BCUT2D eigenvalue weighted by Crippen LogP contribution is 2.58. The summed E-state index contributed by atoms with van der Waals surface area (Å²) < 4.78 is 2.25. The first-order valence-electron chi connectivity index (χ1n) is 9.38. The van der Waals surface area contributed by atoms with Crippen molar-refractivity contribution in [3.63, 3.8) is 0 Å². The minimum Gasteiger partial charge on any atom is -0.332 e. The molecule has 2 N–H and O–H groups in total. The molecule has 1 aromatic heterocycles. The van der Waals surface area contributed by atoms with Crippen LogP contribution in [0.25, 0.3) is 0 Å². The number of hydrogen-bond donors (Lipinski definition) is 2. The van der Waals surface area contributed by atoms with Gasteiger partial charge in [-0.2, -0.15) is 5.10 Å². The normalized spacial score (nSPS) is 32.6. The van der Waals surface area contributed by atoms with Crippen LogP contribution in [-0.2, 0) is 5.54 Å². The topological polar surface area (TPSA) is 41.9 Å². The zero-order chi connectivity index (χ0) is 16.9. The summed E-state index contributed by atoms with van der Waals surface area (Å²) in [4.78, 5) is 0. The Morgan fingerprint density at radius 3 is 2.24 bits per heavy atom. The standard InChI is InChI=1S/C20H24N4S/c25-19(21-17-4-2-1-3-5-17)22-18-6-7-24(23-18)20-11-14-8-15(12-20)10-16(9-14)13-20/h1-7,14-16H,8-13H2,(H2,21,22,23,25). The molecule has 4 bridgehead atoms. The van der Waals surface area contributed by atoms with Crippen LogP contribution in [-0.4, -0.2) is 14.9 Å². The molecule has 0 atom stereocenters. The lowest BCUT2D eigenvalue weighted by Gasteiger charge is -2.56. The Balaban J connectivity index is 1.30. The van der Waals surface area contributed by atoms with Crippen LogP contribution in [0.3, 0.4) is 0 Å². The lowest BCUT2D eigenvalue weighted by Crippen LogP contribution is -2.52. The Hall–Kier alpha value is -1.88. The van der Waals surface area contributed by atoms with Crippen molar-refractivity contribution in [3.8, 4) is 0 Å². The molecule has 0 saturated heterocycles. The Morgan fingerprint density at radius 1 is 0.960 bits per heavy atom. The van der Waals surface area contributed by atoms with Crippen LogP contribution in [0.5, 0.6) is 0 Å². The van der Waals surface area contributed by atoms with Crippen LogP contribution in [0, 0.1) is 17.8 Å². The Kier molecular flexibility index (Phi) is 3.59. The van der Waals surface area contributed by atoms with Gasteiger partial charge in [-0.05, 0) is 80.6 Å². The third kappa shape index (κ3) is 2.84. The van der Waals surface area contributed by atoms with E-state index in [4.69, 9.17) is 17.3 Å². The second-order valence-electron chi connectivity index (χ2n) is 8.23. The highest BCUT2D eigenvalue weighted by Gasteiger charge is 2.52. The third-order valence-electron chi connectivity index (χ3n) is 6.35. The maximum atomic E-state index is 5.42. The van der Waals surface area contributed by atoms with Crippen molar-refractivity contribution in [2.24, 2.45) is 17.8 Å². The van der Waals surface area contributed by atoms with Gasteiger partial charge < -0.3 is 10.6 Å². The average Bonchev–Trinajstić information content (AvgIpc) is 3.04. The summed E-state index contributed by atoms with van der Waals surface area (Å²) in [5, 5.41) is 11.9. The van der Waals surface area contributed by atoms with E-state index >= 15 is 0 Å². The van der Waals surface area contributed by atoms with Crippen molar-refractivity contribution in [1.29, 1.82) is 0 Å². The number of para-hydroxylation sites is 1. The molecule has 1 heterocycles. The van der Waals surface area contributed by atoms with Gasteiger partial charge in [0.1, 0.15) is 0 Å². The molecule has 4 saturated carbocycles. The average molecular weight is 353 g/mol. The molecule has 4 nitrogen and oxygen atoms in total. The number of rotatable bonds is 3. The molecule has 4 aliphatic carbocycles. The van der Waals surface area contributed by atoms with Gasteiger partial charge in [0.2, 0.25) is 0 Å². The van der Waals surface area contributed by atoms with E-state index in [1.54, 1.807) is 0 Å². The molecule has 0 amide bonds. The molecule has 0 spiro atoms. The quantitative estimate of drug-likeness (QED) is 0.791. The maximum absolute atomic E-state index is 5.42. The summed E-state index contributed by atoms with van der Waals surface area (Å²) in [6.45, 7) is 0. The Bertz CT molecular complexity index is 747. The highest BCUT2D eigenvalue weighted by molar-refractivity contribution is 7.80. The second kappa shape index (κ2) is 5.84. The first-order valence-corrected chi connectivity index (χ1v) is 9.79. The van der Waals surface area contributed by atoms with Crippen molar-refractivity contribution in [2.45, 2.75) is 44.1 Å². The number of hydrogen-bond acceptors (Lipinski definition) is 2. The summed E-state index contributed by atoms with van der Waals surface area (Å²) in [5.74, 6) is 3.61. The summed E-state index contributed by atoms with van der Waals surface area (Å²) >= 11 is 5.42. The maximum Gasteiger partial charge on any atom is 0.176 e. The van der Waals surface area contributed by atoms with Crippen molar-refractivity contribution < 1.29 is 0 Å². The molecule has 130 valence electrons. The van der Waals surface area contributed by atoms with Crippen LogP contribution in [0.4, 0.5) is 11.5 Å². The summed E-state index contributed by atoms with van der Waals surface area (Å²) in [6.07, 6.45) is 10.5. The van der Waals surface area contributed by atoms with Crippen molar-refractivity contribution in [1.82, 2.24) is 9.78 Å². The van der Waals surface area contributed by atoms with E-state index in [0.717, 1.165) is 29.3 Å². The fraction of sp³-hybridized carbons (Fsp3) is 0.500. The number of thiocarbonyl (C=S) groups is 1. The molecule has 2 aromatic rings. The number of nitrogens with one attached hydrogen (secondary N) is 2. The second-order valence-corrected chi connectivity index (χ2v) is 8.64. The van der Waals surface area contributed by atoms with Gasteiger partial charge in [0.15, 0.2) is 10.9 Å². The van der Waals surface area contributed by atoms with Crippen molar-refractivity contribution in [3.05, 3.63) is 42.6 Å². The first-order chi connectivity index (χ1) is 12.2. The van der Waals surface area contributed by atoms with Crippen molar-refractivity contribution in [2.75, 3.05) is 10.6 Å². The molecular weight excluding hydrogens is 328 g/mol. The van der Waals surface area contributed by atoms with Gasteiger partial charge in [0.25, 0.3) is 0 Å². The lowest BCUT2D eigenvalue weighted by molar-refractivity contribution is -0.0492. The fourth-order valence-corrected chi connectivity index (χ4v) is 6.02. The Labute approximate surface area is 154 Å².